The van der Waals surface area contributed by atoms with Crippen LogP contribution in [0.2, 0.25) is 0 Å². The lowest BCUT2D eigenvalue weighted by atomic mass is 9.74. The molecule has 3 amide bonds. The largest absolute Gasteiger partial charge is 0.452 e. The highest BCUT2D eigenvalue weighted by atomic mass is 19.4. The van der Waals surface area contributed by atoms with Crippen LogP contribution >= 0.6 is 0 Å². The van der Waals surface area contributed by atoms with Gasteiger partial charge >= 0.3 is 30.3 Å². The van der Waals surface area contributed by atoms with Gasteiger partial charge in [0.1, 0.15) is 35.5 Å². The van der Waals surface area contributed by atoms with Crippen molar-refractivity contribution in [3.63, 3.8) is 0 Å². The lowest BCUT2D eigenvalue weighted by molar-refractivity contribution is -0.184. The summed E-state index contributed by atoms with van der Waals surface area (Å²) < 4.78 is 127. The molecule has 0 spiro atoms. The number of nitrogens with zero attached hydrogens (tertiary/aromatic N) is 2. The molecular formula is C51H41F8N5O7. The van der Waals surface area contributed by atoms with Gasteiger partial charge in [0.25, 0.3) is 0 Å². The standard InChI is InChI=1S/C51H41F8N5O7/c52-40-23-31(33-11-15-42(60-26-33)63-44(65)22-30-5-1-6-35(21-30)50(54,55)56)9-13-38(40)48(17-3-18-48)70-29-45(66)69-28-46(67)71-49(19-4-20-49)39-14-10-32(24-41(39)53)34-12-16-43(61-27-34)64-47(68)62-37-8-2-7-36(25-37)51(57,58)59/h1-2,5-16,21,23-27H,3-4,17-20,22,28-29H2,(H,60,63,65)(H2,61,62,64,68). The van der Waals surface area contributed by atoms with Gasteiger partial charge in [-0.2, -0.15) is 26.3 Å². The number of aromatic nitrogens is 2. The van der Waals surface area contributed by atoms with Crippen molar-refractivity contribution < 1.29 is 68.5 Å². The van der Waals surface area contributed by atoms with Crippen LogP contribution in [0.1, 0.15) is 66.3 Å². The third-order valence-electron chi connectivity index (χ3n) is 12.1. The van der Waals surface area contributed by atoms with E-state index in [0.717, 1.165) is 30.3 Å². The number of rotatable bonds is 15. The van der Waals surface area contributed by atoms with Gasteiger partial charge in [-0.05, 0) is 116 Å². The van der Waals surface area contributed by atoms with E-state index in [9.17, 15) is 45.5 Å². The molecule has 0 atom stereocenters. The summed E-state index contributed by atoms with van der Waals surface area (Å²) in [6, 6.07) is 22.5. The number of anilines is 3. The van der Waals surface area contributed by atoms with Crippen molar-refractivity contribution in [3.05, 3.63) is 161 Å². The number of halogens is 8. The van der Waals surface area contributed by atoms with Crippen molar-refractivity contribution in [3.8, 4) is 22.3 Å². The summed E-state index contributed by atoms with van der Waals surface area (Å²) in [7, 11) is 0. The summed E-state index contributed by atoms with van der Waals surface area (Å²) in [5, 5.41) is 7.27. The van der Waals surface area contributed by atoms with E-state index in [2.05, 4.69) is 25.9 Å². The van der Waals surface area contributed by atoms with Crippen LogP contribution in [0, 0.1) is 11.6 Å². The Morgan fingerprint density at radius 2 is 1.10 bits per heavy atom. The van der Waals surface area contributed by atoms with Crippen LogP contribution in [0.5, 0.6) is 0 Å². The minimum absolute atomic E-state index is 0.0681. The minimum Gasteiger partial charge on any atom is -0.452 e. The summed E-state index contributed by atoms with van der Waals surface area (Å²) in [6.07, 6.45) is -3.98. The molecule has 4 aromatic carbocycles. The Morgan fingerprint density at radius 1 is 0.563 bits per heavy atom. The number of hydrogen-bond donors (Lipinski definition) is 3. The van der Waals surface area contributed by atoms with Gasteiger partial charge in [0.15, 0.2) is 6.61 Å². The normalized spacial score (nSPS) is 14.8. The average molecular weight is 988 g/mol. The first-order valence-electron chi connectivity index (χ1n) is 22.0. The van der Waals surface area contributed by atoms with E-state index < -0.39 is 83.4 Å². The molecule has 2 aliphatic rings. The van der Waals surface area contributed by atoms with Gasteiger partial charge in [0.2, 0.25) is 5.91 Å². The lowest BCUT2D eigenvalue weighted by Crippen LogP contribution is -2.41. The van der Waals surface area contributed by atoms with Gasteiger partial charge in [-0.15, -0.1) is 0 Å². The predicted octanol–water partition coefficient (Wildman–Crippen LogP) is 11.5. The highest BCUT2D eigenvalue weighted by Crippen LogP contribution is 2.48. The fraction of sp³-hybridized carbons (Fsp3) is 0.255. The van der Waals surface area contributed by atoms with Gasteiger partial charge < -0.3 is 24.8 Å². The smallest absolute Gasteiger partial charge is 0.416 e. The first-order chi connectivity index (χ1) is 33.8. The Kier molecular flexibility index (Phi) is 14.2. The Bertz CT molecular complexity index is 2960. The van der Waals surface area contributed by atoms with Crippen LogP contribution in [0.3, 0.4) is 0 Å². The van der Waals surface area contributed by atoms with Crippen molar-refractivity contribution in [1.82, 2.24) is 9.97 Å². The number of ether oxygens (including phenoxy) is 3. The Balaban J connectivity index is 0.807. The van der Waals surface area contributed by atoms with Crippen molar-refractivity contribution in [1.29, 1.82) is 0 Å². The van der Waals surface area contributed by atoms with Crippen LogP contribution < -0.4 is 16.0 Å². The van der Waals surface area contributed by atoms with E-state index in [0.29, 0.717) is 60.8 Å². The molecule has 2 aliphatic carbocycles. The number of esters is 2. The SMILES string of the molecule is O=C(Cc1cccc(C(F)(F)F)c1)Nc1ccc(-c2ccc(C3(OCC(=O)OCC(=O)OC4(c5ccc(-c6ccc(NC(=O)Nc7cccc(C(F)(F)F)c7)nc6)cc5F)CCC4)CCC3)c(F)c2)cn1. The second-order valence-corrected chi connectivity index (χ2v) is 17.0. The molecular weight excluding hydrogens is 947 g/mol. The third kappa shape index (κ3) is 11.8. The fourth-order valence-electron chi connectivity index (χ4n) is 8.23. The molecule has 368 valence electrons. The predicted molar refractivity (Wildman–Crippen MR) is 241 cm³/mol. The highest BCUT2D eigenvalue weighted by Gasteiger charge is 2.45. The fourth-order valence-corrected chi connectivity index (χ4v) is 8.23. The second-order valence-electron chi connectivity index (χ2n) is 17.0. The zero-order valence-corrected chi connectivity index (χ0v) is 37.2. The van der Waals surface area contributed by atoms with Crippen LogP contribution in [-0.2, 0) is 58.6 Å². The lowest BCUT2D eigenvalue weighted by Gasteiger charge is -2.42. The van der Waals surface area contributed by atoms with E-state index in [-0.39, 0.29) is 40.4 Å². The minimum atomic E-state index is -4.59. The maximum Gasteiger partial charge on any atom is 0.416 e. The van der Waals surface area contributed by atoms with E-state index in [4.69, 9.17) is 14.2 Å². The van der Waals surface area contributed by atoms with Gasteiger partial charge in [-0.25, -0.2) is 33.1 Å². The molecule has 0 saturated heterocycles. The van der Waals surface area contributed by atoms with Crippen molar-refractivity contribution in [2.45, 2.75) is 68.5 Å². The number of benzene rings is 4. The molecule has 0 radical (unpaired) electrons. The molecule has 2 aromatic heterocycles. The van der Waals surface area contributed by atoms with Crippen molar-refractivity contribution in [2.75, 3.05) is 29.2 Å². The number of alkyl halides is 6. The van der Waals surface area contributed by atoms with Crippen LogP contribution in [-0.4, -0.2) is 47.1 Å². The van der Waals surface area contributed by atoms with Gasteiger partial charge in [0, 0.05) is 40.3 Å². The molecule has 20 heteroatoms. The number of nitrogens with one attached hydrogen (secondary N) is 3. The van der Waals surface area contributed by atoms with E-state index in [1.165, 1.54) is 67.0 Å². The molecule has 12 nitrogen and oxygen atoms in total. The first kappa shape index (κ1) is 49.7. The van der Waals surface area contributed by atoms with Crippen LogP contribution in [0.15, 0.2) is 122 Å². The maximum absolute atomic E-state index is 15.7. The van der Waals surface area contributed by atoms with E-state index in [1.54, 1.807) is 24.3 Å². The number of hydrogen-bond acceptors (Lipinski definition) is 9. The summed E-state index contributed by atoms with van der Waals surface area (Å²) >= 11 is 0. The molecule has 2 saturated carbocycles. The number of carbonyl (C=O) groups is 4. The van der Waals surface area contributed by atoms with Crippen LogP contribution in [0.25, 0.3) is 22.3 Å². The van der Waals surface area contributed by atoms with Gasteiger partial charge in [-0.1, -0.05) is 48.5 Å². The van der Waals surface area contributed by atoms with Gasteiger partial charge in [0.05, 0.1) is 23.1 Å². The molecule has 71 heavy (non-hydrogen) atoms. The summed E-state index contributed by atoms with van der Waals surface area (Å²) in [6.45, 7) is -1.41. The number of carbonyl (C=O) groups excluding carboxylic acids is 4. The summed E-state index contributed by atoms with van der Waals surface area (Å²) in [4.78, 5) is 59.1. The second kappa shape index (κ2) is 20.3. The molecule has 2 fully saturated rings. The molecule has 0 bridgehead atoms. The monoisotopic (exact) mass is 987 g/mol. The zero-order chi connectivity index (χ0) is 50.6. The number of pyridine rings is 2. The Labute approximate surface area is 399 Å². The Hall–Kier alpha value is -7.74. The molecule has 8 rings (SSSR count). The van der Waals surface area contributed by atoms with E-state index in [1.807, 2.05) is 0 Å². The number of amides is 3. The third-order valence-corrected chi connectivity index (χ3v) is 12.1. The average Bonchev–Trinajstić information content (AvgIpc) is 3.29. The Morgan fingerprint density at radius 3 is 1.62 bits per heavy atom. The summed E-state index contributed by atoms with van der Waals surface area (Å²) in [5.41, 5.74) is -2.05. The zero-order valence-electron chi connectivity index (χ0n) is 37.2. The molecule has 0 unspecified atom stereocenters. The van der Waals surface area contributed by atoms with Gasteiger partial charge in [-0.3, -0.25) is 10.1 Å². The van der Waals surface area contributed by atoms with E-state index >= 15 is 8.78 Å². The topological polar surface area (TPSA) is 158 Å². The highest BCUT2D eigenvalue weighted by molar-refractivity contribution is 5.99. The number of urea groups is 1. The molecule has 0 aliphatic heterocycles. The molecule has 2 heterocycles. The molecule has 3 N–H and O–H groups in total. The van der Waals surface area contributed by atoms with Crippen molar-refractivity contribution in [2.24, 2.45) is 0 Å². The summed E-state index contributed by atoms with van der Waals surface area (Å²) in [5.74, 6) is -3.51. The van der Waals surface area contributed by atoms with Crippen molar-refractivity contribution >= 4 is 41.2 Å². The van der Waals surface area contributed by atoms with Crippen LogP contribution in [0.4, 0.5) is 57.2 Å². The molecule has 6 aromatic rings. The first-order valence-corrected chi connectivity index (χ1v) is 22.0. The maximum atomic E-state index is 15.7. The quantitative estimate of drug-likeness (QED) is 0.0673.